The first-order valence-corrected chi connectivity index (χ1v) is 8.54. The number of aromatic nitrogens is 1. The highest BCUT2D eigenvalue weighted by Gasteiger charge is 2.20. The summed E-state index contributed by atoms with van der Waals surface area (Å²) in [5.41, 5.74) is 5.95. The summed E-state index contributed by atoms with van der Waals surface area (Å²) in [7, 11) is 0. The Hall–Kier alpha value is -0.690. The van der Waals surface area contributed by atoms with E-state index in [4.69, 9.17) is 5.73 Å². The van der Waals surface area contributed by atoms with Gasteiger partial charge in [0, 0.05) is 56.9 Å². The van der Waals surface area contributed by atoms with Crippen LogP contribution in [-0.4, -0.2) is 73.2 Å². The lowest BCUT2D eigenvalue weighted by molar-refractivity contribution is 0.169. The molecule has 2 fully saturated rings. The lowest BCUT2D eigenvalue weighted by Gasteiger charge is -2.36. The van der Waals surface area contributed by atoms with E-state index in [2.05, 4.69) is 25.1 Å². The number of thiazole rings is 1. The van der Waals surface area contributed by atoms with Gasteiger partial charge < -0.3 is 15.5 Å². The molecular formula is C14H25N5S. The lowest BCUT2D eigenvalue weighted by Crippen LogP contribution is -2.49. The van der Waals surface area contributed by atoms with Crippen molar-refractivity contribution in [2.45, 2.75) is 18.9 Å². The Bertz CT molecular complexity index is 380. The Labute approximate surface area is 125 Å². The molecule has 0 unspecified atom stereocenters. The second-order valence-corrected chi connectivity index (χ2v) is 6.70. The lowest BCUT2D eigenvalue weighted by atomic mass is 10.1. The van der Waals surface area contributed by atoms with Crippen molar-refractivity contribution in [1.29, 1.82) is 0 Å². The molecule has 3 heterocycles. The Balaban J connectivity index is 1.36. The summed E-state index contributed by atoms with van der Waals surface area (Å²) >= 11 is 1.74. The van der Waals surface area contributed by atoms with E-state index in [0.29, 0.717) is 6.04 Å². The summed E-state index contributed by atoms with van der Waals surface area (Å²) in [6.07, 6.45) is 4.23. The fraction of sp³-hybridized carbons (Fsp3) is 0.786. The zero-order valence-electron chi connectivity index (χ0n) is 12.1. The van der Waals surface area contributed by atoms with Crippen molar-refractivity contribution < 1.29 is 0 Å². The minimum Gasteiger partial charge on any atom is -0.346 e. The minimum atomic E-state index is 0.438. The van der Waals surface area contributed by atoms with Crippen molar-refractivity contribution >= 4 is 16.5 Å². The summed E-state index contributed by atoms with van der Waals surface area (Å²) < 4.78 is 0. The zero-order valence-corrected chi connectivity index (χ0v) is 12.9. The highest BCUT2D eigenvalue weighted by Crippen LogP contribution is 2.18. The first kappa shape index (κ1) is 14.3. The van der Waals surface area contributed by atoms with E-state index in [1.54, 1.807) is 11.3 Å². The molecule has 3 rings (SSSR count). The van der Waals surface area contributed by atoms with E-state index in [1.165, 1.54) is 31.3 Å². The van der Waals surface area contributed by atoms with Gasteiger partial charge in [-0.05, 0) is 25.9 Å². The van der Waals surface area contributed by atoms with Crippen LogP contribution in [-0.2, 0) is 0 Å². The maximum atomic E-state index is 5.95. The molecule has 5 nitrogen and oxygen atoms in total. The summed E-state index contributed by atoms with van der Waals surface area (Å²) in [6, 6.07) is 0.438. The standard InChI is InChI=1S/C14H25N5S/c15-13-1-4-17(5-2-13)6-7-18-8-10-19(11-9-18)14-16-3-12-20-14/h3,12-13H,1-2,4-11,15H2. The van der Waals surface area contributed by atoms with Crippen LogP contribution in [0.4, 0.5) is 5.13 Å². The van der Waals surface area contributed by atoms with Crippen LogP contribution in [0.3, 0.4) is 0 Å². The third-order valence-corrected chi connectivity index (χ3v) is 5.26. The Morgan fingerprint density at radius 3 is 2.30 bits per heavy atom. The quantitative estimate of drug-likeness (QED) is 0.885. The van der Waals surface area contributed by atoms with Crippen LogP contribution >= 0.6 is 11.3 Å². The smallest absolute Gasteiger partial charge is 0.185 e. The second-order valence-electron chi connectivity index (χ2n) is 5.82. The number of nitrogens with zero attached hydrogens (tertiary/aromatic N) is 4. The molecule has 2 aliphatic rings. The van der Waals surface area contributed by atoms with E-state index in [-0.39, 0.29) is 0 Å². The maximum absolute atomic E-state index is 5.95. The van der Waals surface area contributed by atoms with Crippen molar-refractivity contribution in [3.8, 4) is 0 Å². The minimum absolute atomic E-state index is 0.438. The number of piperidine rings is 1. The molecule has 0 spiro atoms. The number of likely N-dealkylation sites (tertiary alicyclic amines) is 1. The Morgan fingerprint density at radius 2 is 1.70 bits per heavy atom. The van der Waals surface area contributed by atoms with Gasteiger partial charge in [-0.25, -0.2) is 4.98 Å². The van der Waals surface area contributed by atoms with Crippen molar-refractivity contribution in [3.63, 3.8) is 0 Å². The van der Waals surface area contributed by atoms with Gasteiger partial charge in [0.25, 0.3) is 0 Å². The van der Waals surface area contributed by atoms with Gasteiger partial charge in [0.05, 0.1) is 0 Å². The van der Waals surface area contributed by atoms with Gasteiger partial charge in [-0.3, -0.25) is 4.90 Å². The Morgan fingerprint density at radius 1 is 1.05 bits per heavy atom. The molecule has 1 aromatic rings. The maximum Gasteiger partial charge on any atom is 0.185 e. The van der Waals surface area contributed by atoms with E-state index in [0.717, 1.165) is 39.0 Å². The largest absolute Gasteiger partial charge is 0.346 e. The Kier molecular flexibility index (Phi) is 4.88. The number of rotatable bonds is 4. The topological polar surface area (TPSA) is 48.6 Å². The fourth-order valence-electron chi connectivity index (χ4n) is 2.99. The molecule has 0 radical (unpaired) electrons. The summed E-state index contributed by atoms with van der Waals surface area (Å²) in [5.74, 6) is 0. The van der Waals surface area contributed by atoms with Gasteiger partial charge in [0.2, 0.25) is 0 Å². The highest BCUT2D eigenvalue weighted by atomic mass is 32.1. The van der Waals surface area contributed by atoms with Crippen molar-refractivity contribution in [1.82, 2.24) is 14.8 Å². The first-order chi connectivity index (χ1) is 9.81. The molecular weight excluding hydrogens is 270 g/mol. The van der Waals surface area contributed by atoms with E-state index in [9.17, 15) is 0 Å². The molecule has 112 valence electrons. The average molecular weight is 295 g/mol. The van der Waals surface area contributed by atoms with Crippen LogP contribution in [0.5, 0.6) is 0 Å². The van der Waals surface area contributed by atoms with Crippen LogP contribution in [0.25, 0.3) is 0 Å². The molecule has 20 heavy (non-hydrogen) atoms. The van der Waals surface area contributed by atoms with E-state index in [1.807, 2.05) is 6.20 Å². The SMILES string of the molecule is NC1CCN(CCN2CCN(c3nccs3)CC2)CC1. The van der Waals surface area contributed by atoms with Gasteiger partial charge in [-0.2, -0.15) is 0 Å². The zero-order chi connectivity index (χ0) is 13.8. The number of piperazine rings is 1. The molecule has 0 atom stereocenters. The van der Waals surface area contributed by atoms with Crippen LogP contribution in [0.15, 0.2) is 11.6 Å². The third kappa shape index (κ3) is 3.69. The van der Waals surface area contributed by atoms with Crippen LogP contribution < -0.4 is 10.6 Å². The molecule has 6 heteroatoms. The summed E-state index contributed by atoms with van der Waals surface area (Å²) in [5, 5.41) is 3.23. The van der Waals surface area contributed by atoms with E-state index < -0.39 is 0 Å². The second kappa shape index (κ2) is 6.85. The van der Waals surface area contributed by atoms with Gasteiger partial charge >= 0.3 is 0 Å². The molecule has 2 N–H and O–H groups in total. The monoisotopic (exact) mass is 295 g/mol. The summed E-state index contributed by atoms with van der Waals surface area (Å²) in [6.45, 7) is 9.29. The first-order valence-electron chi connectivity index (χ1n) is 7.66. The van der Waals surface area contributed by atoms with E-state index >= 15 is 0 Å². The highest BCUT2D eigenvalue weighted by molar-refractivity contribution is 7.13. The average Bonchev–Trinajstić information content (AvgIpc) is 3.01. The normalized spacial score (nSPS) is 23.4. The fourth-order valence-corrected chi connectivity index (χ4v) is 3.69. The number of hydrogen-bond acceptors (Lipinski definition) is 6. The number of anilines is 1. The molecule has 0 bridgehead atoms. The molecule has 0 aliphatic carbocycles. The summed E-state index contributed by atoms with van der Waals surface area (Å²) in [4.78, 5) is 11.9. The third-order valence-electron chi connectivity index (χ3n) is 4.43. The molecule has 2 aliphatic heterocycles. The van der Waals surface area contributed by atoms with Crippen LogP contribution in [0.1, 0.15) is 12.8 Å². The molecule has 2 saturated heterocycles. The van der Waals surface area contributed by atoms with Crippen LogP contribution in [0.2, 0.25) is 0 Å². The van der Waals surface area contributed by atoms with Crippen molar-refractivity contribution in [3.05, 3.63) is 11.6 Å². The molecule has 0 aromatic carbocycles. The van der Waals surface area contributed by atoms with Crippen molar-refractivity contribution in [2.24, 2.45) is 5.73 Å². The van der Waals surface area contributed by atoms with Gasteiger partial charge in [-0.1, -0.05) is 0 Å². The number of hydrogen-bond donors (Lipinski definition) is 1. The molecule has 0 amide bonds. The predicted molar refractivity (Wildman–Crippen MR) is 84.4 cm³/mol. The van der Waals surface area contributed by atoms with Crippen molar-refractivity contribution in [2.75, 3.05) is 57.3 Å². The van der Waals surface area contributed by atoms with Gasteiger partial charge in [0.1, 0.15) is 0 Å². The molecule has 1 aromatic heterocycles. The molecule has 0 saturated carbocycles. The van der Waals surface area contributed by atoms with Gasteiger partial charge in [-0.15, -0.1) is 11.3 Å². The van der Waals surface area contributed by atoms with Crippen LogP contribution in [0, 0.1) is 0 Å². The predicted octanol–water partition coefficient (Wildman–Crippen LogP) is 0.688. The van der Waals surface area contributed by atoms with Gasteiger partial charge in [0.15, 0.2) is 5.13 Å². The number of nitrogens with two attached hydrogens (primary N) is 1.